The Balaban J connectivity index is 1.65. The van der Waals surface area contributed by atoms with Crippen LogP contribution in [0, 0.1) is 5.92 Å². The fraction of sp³-hybridized carbons (Fsp3) is 0.867. The first kappa shape index (κ1) is 16.6. The molecule has 1 fully saturated rings. The normalized spacial score (nSPS) is 17.8. The Morgan fingerprint density at radius 3 is 2.67 bits per heavy atom. The van der Waals surface area contributed by atoms with E-state index in [2.05, 4.69) is 52.4 Å². The van der Waals surface area contributed by atoms with Crippen molar-refractivity contribution in [2.75, 3.05) is 45.6 Å². The third-order valence-electron chi connectivity index (χ3n) is 4.05. The van der Waals surface area contributed by atoms with Crippen molar-refractivity contribution in [2.45, 2.75) is 39.2 Å². The molecule has 0 spiro atoms. The van der Waals surface area contributed by atoms with Crippen molar-refractivity contribution in [3.63, 3.8) is 0 Å². The quantitative estimate of drug-likeness (QED) is 0.836. The molecule has 1 N–H and O–H groups in total. The summed E-state index contributed by atoms with van der Waals surface area (Å²) < 4.78 is 4.40. The van der Waals surface area contributed by atoms with Crippen LogP contribution < -0.4 is 5.32 Å². The molecule has 5 nitrogen and oxygen atoms in total. The highest BCUT2D eigenvalue weighted by atomic mass is 32.1. The van der Waals surface area contributed by atoms with Gasteiger partial charge in [0.15, 0.2) is 0 Å². The second-order valence-corrected chi connectivity index (χ2v) is 7.33. The highest BCUT2D eigenvalue weighted by Crippen LogP contribution is 2.15. The Morgan fingerprint density at radius 2 is 2.05 bits per heavy atom. The summed E-state index contributed by atoms with van der Waals surface area (Å²) in [7, 11) is 4.37. The van der Waals surface area contributed by atoms with E-state index in [0.717, 1.165) is 36.5 Å². The Morgan fingerprint density at radius 1 is 1.33 bits per heavy atom. The predicted molar refractivity (Wildman–Crippen MR) is 90.1 cm³/mol. The van der Waals surface area contributed by atoms with Crippen LogP contribution in [0.25, 0.3) is 0 Å². The number of nitrogens with zero attached hydrogens (tertiary/aromatic N) is 4. The summed E-state index contributed by atoms with van der Waals surface area (Å²) in [6.45, 7) is 8.87. The minimum absolute atomic E-state index is 0.616. The van der Waals surface area contributed by atoms with Gasteiger partial charge >= 0.3 is 0 Å². The lowest BCUT2D eigenvalue weighted by Crippen LogP contribution is -2.43. The zero-order chi connectivity index (χ0) is 15.2. The number of nitrogens with one attached hydrogen (secondary N) is 1. The van der Waals surface area contributed by atoms with Gasteiger partial charge in [-0.1, -0.05) is 13.8 Å². The highest BCUT2D eigenvalue weighted by molar-refractivity contribution is 7.09. The summed E-state index contributed by atoms with van der Waals surface area (Å²) in [4.78, 5) is 9.44. The standard InChI is InChI=1S/C15H29N5S/c1-12(2)11-14-17-15(21-18-14)16-7-10-20-8-5-13(6-9-20)19(3)4/h12-13H,5-11H2,1-4H3,(H,16,17,18). The number of aromatic nitrogens is 2. The van der Waals surface area contributed by atoms with Crippen molar-refractivity contribution in [2.24, 2.45) is 5.92 Å². The van der Waals surface area contributed by atoms with Crippen LogP contribution in [0.5, 0.6) is 0 Å². The zero-order valence-corrected chi connectivity index (χ0v) is 14.6. The topological polar surface area (TPSA) is 44.3 Å². The Bertz CT molecular complexity index is 410. The lowest BCUT2D eigenvalue weighted by atomic mass is 10.0. The number of hydrogen-bond donors (Lipinski definition) is 1. The fourth-order valence-electron chi connectivity index (χ4n) is 2.75. The average molecular weight is 311 g/mol. The third kappa shape index (κ3) is 5.52. The average Bonchev–Trinajstić information content (AvgIpc) is 2.86. The van der Waals surface area contributed by atoms with Gasteiger partial charge in [-0.15, -0.1) is 0 Å². The van der Waals surface area contributed by atoms with E-state index in [4.69, 9.17) is 0 Å². The maximum atomic E-state index is 4.54. The summed E-state index contributed by atoms with van der Waals surface area (Å²) in [5.74, 6) is 1.59. The Hall–Kier alpha value is -0.720. The number of likely N-dealkylation sites (tertiary alicyclic amines) is 1. The Labute approximate surface area is 132 Å². The van der Waals surface area contributed by atoms with Crippen LogP contribution in [-0.2, 0) is 6.42 Å². The van der Waals surface area contributed by atoms with E-state index in [1.807, 2.05) is 0 Å². The maximum Gasteiger partial charge on any atom is 0.202 e. The smallest absolute Gasteiger partial charge is 0.202 e. The van der Waals surface area contributed by atoms with Gasteiger partial charge < -0.3 is 15.1 Å². The second-order valence-electron chi connectivity index (χ2n) is 6.58. The molecule has 0 amide bonds. The van der Waals surface area contributed by atoms with Gasteiger partial charge in [0, 0.05) is 37.1 Å². The Kier molecular flexibility index (Phi) is 6.39. The lowest BCUT2D eigenvalue weighted by molar-refractivity contribution is 0.148. The lowest BCUT2D eigenvalue weighted by Gasteiger charge is -2.35. The van der Waals surface area contributed by atoms with Crippen LogP contribution in [0.15, 0.2) is 0 Å². The van der Waals surface area contributed by atoms with E-state index in [9.17, 15) is 0 Å². The van der Waals surface area contributed by atoms with Crippen molar-refractivity contribution >= 4 is 16.7 Å². The van der Waals surface area contributed by atoms with E-state index < -0.39 is 0 Å². The summed E-state index contributed by atoms with van der Waals surface area (Å²) in [5, 5.41) is 4.38. The van der Waals surface area contributed by atoms with Crippen LogP contribution in [-0.4, -0.2) is 65.5 Å². The molecule has 0 aliphatic carbocycles. The summed E-state index contributed by atoms with van der Waals surface area (Å²) in [6, 6.07) is 0.760. The van der Waals surface area contributed by atoms with Gasteiger partial charge in [0.25, 0.3) is 0 Å². The zero-order valence-electron chi connectivity index (χ0n) is 13.8. The van der Waals surface area contributed by atoms with E-state index in [-0.39, 0.29) is 0 Å². The van der Waals surface area contributed by atoms with E-state index >= 15 is 0 Å². The molecule has 1 aliphatic heterocycles. The second kappa shape index (κ2) is 8.06. The molecule has 0 unspecified atom stereocenters. The van der Waals surface area contributed by atoms with Crippen molar-refractivity contribution in [1.29, 1.82) is 0 Å². The molecule has 0 saturated carbocycles. The molecule has 2 heterocycles. The maximum absolute atomic E-state index is 4.54. The fourth-order valence-corrected chi connectivity index (χ4v) is 3.37. The number of anilines is 1. The summed E-state index contributed by atoms with van der Waals surface area (Å²) >= 11 is 1.49. The molecular weight excluding hydrogens is 282 g/mol. The number of hydrogen-bond acceptors (Lipinski definition) is 6. The van der Waals surface area contributed by atoms with Gasteiger partial charge in [-0.2, -0.15) is 4.37 Å². The van der Waals surface area contributed by atoms with Crippen LogP contribution in [0.1, 0.15) is 32.5 Å². The molecule has 120 valence electrons. The van der Waals surface area contributed by atoms with Gasteiger partial charge in [-0.3, -0.25) is 0 Å². The van der Waals surface area contributed by atoms with Gasteiger partial charge in [0.1, 0.15) is 5.82 Å². The molecule has 0 radical (unpaired) electrons. The van der Waals surface area contributed by atoms with Crippen molar-refractivity contribution < 1.29 is 0 Å². The van der Waals surface area contributed by atoms with E-state index in [1.165, 1.54) is 37.5 Å². The first-order chi connectivity index (χ1) is 10.0. The first-order valence-corrected chi connectivity index (χ1v) is 8.77. The molecule has 0 aromatic carbocycles. The SMILES string of the molecule is CC(C)Cc1nsc(NCCN2CCC(N(C)C)CC2)n1. The molecule has 2 rings (SSSR count). The van der Waals surface area contributed by atoms with E-state index in [0.29, 0.717) is 5.92 Å². The van der Waals surface area contributed by atoms with Gasteiger partial charge in [-0.05, 0) is 45.9 Å². The van der Waals surface area contributed by atoms with Gasteiger partial charge in [-0.25, -0.2) is 4.98 Å². The minimum Gasteiger partial charge on any atom is -0.359 e. The molecule has 1 aliphatic rings. The summed E-state index contributed by atoms with van der Waals surface area (Å²) in [5.41, 5.74) is 0. The van der Waals surface area contributed by atoms with Crippen molar-refractivity contribution in [3.8, 4) is 0 Å². The minimum atomic E-state index is 0.616. The number of piperidine rings is 1. The molecule has 6 heteroatoms. The molecule has 21 heavy (non-hydrogen) atoms. The van der Waals surface area contributed by atoms with Crippen LogP contribution in [0.4, 0.5) is 5.13 Å². The van der Waals surface area contributed by atoms with Crippen LogP contribution in [0.2, 0.25) is 0 Å². The molecule has 0 atom stereocenters. The molecule has 1 aromatic heterocycles. The van der Waals surface area contributed by atoms with Gasteiger partial charge in [0.2, 0.25) is 5.13 Å². The summed E-state index contributed by atoms with van der Waals surface area (Å²) in [6.07, 6.45) is 3.53. The monoisotopic (exact) mass is 311 g/mol. The van der Waals surface area contributed by atoms with Crippen LogP contribution in [0.3, 0.4) is 0 Å². The first-order valence-electron chi connectivity index (χ1n) is 8.00. The largest absolute Gasteiger partial charge is 0.359 e. The molecule has 1 saturated heterocycles. The van der Waals surface area contributed by atoms with Gasteiger partial charge in [0.05, 0.1) is 0 Å². The predicted octanol–water partition coefficient (Wildman–Crippen LogP) is 2.17. The molecular formula is C15H29N5S. The van der Waals surface area contributed by atoms with Crippen molar-refractivity contribution in [3.05, 3.63) is 5.82 Å². The molecule has 1 aromatic rings. The number of rotatable bonds is 7. The van der Waals surface area contributed by atoms with Crippen molar-refractivity contribution in [1.82, 2.24) is 19.2 Å². The highest BCUT2D eigenvalue weighted by Gasteiger charge is 2.20. The third-order valence-corrected chi connectivity index (χ3v) is 4.76. The van der Waals surface area contributed by atoms with E-state index in [1.54, 1.807) is 0 Å². The van der Waals surface area contributed by atoms with Crippen LogP contribution >= 0.6 is 11.5 Å². The molecule has 0 bridgehead atoms.